The van der Waals surface area contributed by atoms with Crippen molar-refractivity contribution in [2.75, 3.05) is 27.3 Å². The van der Waals surface area contributed by atoms with Gasteiger partial charge in [0.1, 0.15) is 0 Å². The van der Waals surface area contributed by atoms with Crippen LogP contribution in [0.5, 0.6) is 11.5 Å². The van der Waals surface area contributed by atoms with E-state index >= 15 is 0 Å². The highest BCUT2D eigenvalue weighted by atomic mass is 35.5. The molecule has 1 aromatic rings. The van der Waals surface area contributed by atoms with Crippen LogP contribution in [0.1, 0.15) is 24.0 Å². The van der Waals surface area contributed by atoms with Gasteiger partial charge < -0.3 is 14.8 Å². The molecule has 0 saturated carbocycles. The molecular weight excluding hydrogens is 262 g/mol. The lowest BCUT2D eigenvalue weighted by atomic mass is 9.90. The number of nitrogens with one attached hydrogen (secondary N) is 1. The first kappa shape index (κ1) is 14.5. The van der Waals surface area contributed by atoms with E-state index in [1.807, 2.05) is 13.0 Å². The number of halogens is 1. The van der Waals surface area contributed by atoms with Gasteiger partial charge >= 0.3 is 0 Å². The van der Waals surface area contributed by atoms with Crippen molar-refractivity contribution in [1.29, 1.82) is 0 Å². The number of piperidine rings is 1. The molecule has 1 aromatic carbocycles. The maximum Gasteiger partial charge on any atom is 0.165 e. The van der Waals surface area contributed by atoms with Gasteiger partial charge in [-0.25, -0.2) is 0 Å². The average molecular weight is 284 g/mol. The van der Waals surface area contributed by atoms with Crippen molar-refractivity contribution in [2.24, 2.45) is 5.92 Å². The highest BCUT2D eigenvalue weighted by Crippen LogP contribution is 2.40. The monoisotopic (exact) mass is 283 g/mol. The topological polar surface area (TPSA) is 30.5 Å². The van der Waals surface area contributed by atoms with Gasteiger partial charge in [0.05, 0.1) is 14.2 Å². The van der Waals surface area contributed by atoms with Crippen LogP contribution < -0.4 is 14.8 Å². The summed E-state index contributed by atoms with van der Waals surface area (Å²) in [6.45, 7) is 4.16. The van der Waals surface area contributed by atoms with E-state index in [4.69, 9.17) is 21.1 Å². The first-order chi connectivity index (χ1) is 9.17. The minimum atomic E-state index is 0.693. The Kier molecular flexibility index (Phi) is 4.94. The zero-order valence-electron chi connectivity index (χ0n) is 11.9. The van der Waals surface area contributed by atoms with Gasteiger partial charge in [0.25, 0.3) is 0 Å². The fourth-order valence-electron chi connectivity index (χ4n) is 2.77. The Morgan fingerprint density at radius 1 is 1.21 bits per heavy atom. The van der Waals surface area contributed by atoms with Crippen molar-refractivity contribution in [2.45, 2.75) is 26.2 Å². The molecule has 1 N–H and O–H groups in total. The third-order valence-corrected chi connectivity index (χ3v) is 4.27. The van der Waals surface area contributed by atoms with Gasteiger partial charge in [-0.3, -0.25) is 0 Å². The third kappa shape index (κ3) is 3.15. The van der Waals surface area contributed by atoms with Crippen LogP contribution in [-0.4, -0.2) is 27.3 Å². The van der Waals surface area contributed by atoms with Crippen LogP contribution in [0.15, 0.2) is 6.07 Å². The van der Waals surface area contributed by atoms with E-state index in [0.717, 1.165) is 47.2 Å². The van der Waals surface area contributed by atoms with Crippen LogP contribution in [-0.2, 0) is 6.42 Å². The number of rotatable bonds is 4. The van der Waals surface area contributed by atoms with Gasteiger partial charge in [-0.05, 0) is 56.8 Å². The Labute approximate surface area is 120 Å². The molecule has 0 radical (unpaired) electrons. The highest BCUT2D eigenvalue weighted by molar-refractivity contribution is 6.31. The summed E-state index contributed by atoms with van der Waals surface area (Å²) in [4.78, 5) is 0. The molecule has 0 spiro atoms. The van der Waals surface area contributed by atoms with E-state index in [-0.39, 0.29) is 0 Å². The number of ether oxygens (including phenoxy) is 2. The van der Waals surface area contributed by atoms with Crippen LogP contribution in [0.3, 0.4) is 0 Å². The maximum absolute atomic E-state index is 6.30. The summed E-state index contributed by atoms with van der Waals surface area (Å²) in [5.74, 6) is 2.29. The molecule has 0 amide bonds. The summed E-state index contributed by atoms with van der Waals surface area (Å²) in [7, 11) is 3.35. The Balaban J connectivity index is 2.30. The summed E-state index contributed by atoms with van der Waals surface area (Å²) in [5.41, 5.74) is 2.09. The Bertz CT molecular complexity index is 442. The fourth-order valence-corrected chi connectivity index (χ4v) is 2.99. The predicted molar refractivity (Wildman–Crippen MR) is 78.6 cm³/mol. The van der Waals surface area contributed by atoms with Gasteiger partial charge in [0, 0.05) is 10.6 Å². The predicted octanol–water partition coefficient (Wildman–Crippen LogP) is 3.21. The van der Waals surface area contributed by atoms with Gasteiger partial charge in [0.15, 0.2) is 11.5 Å². The van der Waals surface area contributed by atoms with Crippen molar-refractivity contribution in [3.63, 3.8) is 0 Å². The van der Waals surface area contributed by atoms with Crippen molar-refractivity contribution in [1.82, 2.24) is 5.32 Å². The summed E-state index contributed by atoms with van der Waals surface area (Å²) in [6, 6.07) is 2.03. The van der Waals surface area contributed by atoms with Crippen molar-refractivity contribution >= 4 is 11.6 Å². The van der Waals surface area contributed by atoms with E-state index in [1.54, 1.807) is 14.2 Å². The quantitative estimate of drug-likeness (QED) is 0.920. The molecule has 2 rings (SSSR count). The molecule has 1 fully saturated rings. The Hall–Kier alpha value is -0.930. The number of methoxy groups -OCH3 is 2. The smallest absolute Gasteiger partial charge is 0.165 e. The van der Waals surface area contributed by atoms with Crippen molar-refractivity contribution in [3.8, 4) is 11.5 Å². The number of hydrogen-bond donors (Lipinski definition) is 1. The summed E-state index contributed by atoms with van der Waals surface area (Å²) in [5, 5.41) is 4.14. The third-order valence-electron chi connectivity index (χ3n) is 3.87. The lowest BCUT2D eigenvalue weighted by Gasteiger charge is -2.24. The first-order valence-corrected chi connectivity index (χ1v) is 7.15. The summed E-state index contributed by atoms with van der Waals surface area (Å²) in [6.07, 6.45) is 3.41. The molecule has 1 heterocycles. The van der Waals surface area contributed by atoms with Crippen molar-refractivity contribution in [3.05, 3.63) is 22.2 Å². The maximum atomic E-state index is 6.30. The molecule has 0 bridgehead atoms. The minimum Gasteiger partial charge on any atom is -0.493 e. The summed E-state index contributed by atoms with van der Waals surface area (Å²) >= 11 is 6.30. The van der Waals surface area contributed by atoms with Crippen LogP contribution in [0.25, 0.3) is 0 Å². The van der Waals surface area contributed by atoms with Gasteiger partial charge in [-0.15, -0.1) is 0 Å². The van der Waals surface area contributed by atoms with Gasteiger partial charge in [-0.2, -0.15) is 0 Å². The molecule has 0 unspecified atom stereocenters. The normalized spacial score (nSPS) is 16.4. The van der Waals surface area contributed by atoms with E-state index in [2.05, 4.69) is 5.32 Å². The molecule has 1 aliphatic rings. The molecule has 4 heteroatoms. The molecule has 106 valence electrons. The van der Waals surface area contributed by atoms with E-state index in [0.29, 0.717) is 5.92 Å². The molecule has 0 aromatic heterocycles. The van der Waals surface area contributed by atoms with Crippen LogP contribution in [0, 0.1) is 12.8 Å². The molecule has 0 aliphatic carbocycles. The van der Waals surface area contributed by atoms with Gasteiger partial charge in [-0.1, -0.05) is 11.6 Å². The highest BCUT2D eigenvalue weighted by Gasteiger charge is 2.20. The van der Waals surface area contributed by atoms with E-state index in [1.165, 1.54) is 12.8 Å². The lowest BCUT2D eigenvalue weighted by Crippen LogP contribution is -2.28. The lowest BCUT2D eigenvalue weighted by molar-refractivity contribution is 0.338. The van der Waals surface area contributed by atoms with Crippen LogP contribution in [0.2, 0.25) is 5.02 Å². The second-order valence-electron chi connectivity index (χ2n) is 5.11. The molecule has 0 atom stereocenters. The first-order valence-electron chi connectivity index (χ1n) is 6.78. The zero-order chi connectivity index (χ0) is 13.8. The minimum absolute atomic E-state index is 0.693. The summed E-state index contributed by atoms with van der Waals surface area (Å²) < 4.78 is 11.0. The van der Waals surface area contributed by atoms with Gasteiger partial charge in [0.2, 0.25) is 0 Å². The standard InChI is InChI=1S/C15H22ClNO2/c1-10-13(16)9-12(15(19-3)14(10)18-2)8-11-4-6-17-7-5-11/h9,11,17H,4-8H2,1-3H3. The number of hydrogen-bond acceptors (Lipinski definition) is 3. The van der Waals surface area contributed by atoms with E-state index in [9.17, 15) is 0 Å². The Morgan fingerprint density at radius 3 is 2.42 bits per heavy atom. The molecule has 3 nitrogen and oxygen atoms in total. The Morgan fingerprint density at radius 2 is 1.84 bits per heavy atom. The largest absolute Gasteiger partial charge is 0.493 e. The molecule has 1 saturated heterocycles. The van der Waals surface area contributed by atoms with E-state index < -0.39 is 0 Å². The average Bonchev–Trinajstić information content (AvgIpc) is 2.43. The number of benzene rings is 1. The fraction of sp³-hybridized carbons (Fsp3) is 0.600. The molecular formula is C15H22ClNO2. The second-order valence-corrected chi connectivity index (χ2v) is 5.51. The van der Waals surface area contributed by atoms with Crippen LogP contribution in [0.4, 0.5) is 0 Å². The van der Waals surface area contributed by atoms with Crippen molar-refractivity contribution < 1.29 is 9.47 Å². The zero-order valence-corrected chi connectivity index (χ0v) is 12.6. The SMILES string of the molecule is COc1c(CC2CCNCC2)cc(Cl)c(C)c1OC. The molecule has 1 aliphatic heterocycles. The second kappa shape index (κ2) is 6.49. The van der Waals surface area contributed by atoms with Crippen LogP contribution >= 0.6 is 11.6 Å². The molecule has 19 heavy (non-hydrogen) atoms.